The van der Waals surface area contributed by atoms with Gasteiger partial charge in [0.2, 0.25) is 0 Å². The molecule has 17 rings (SSSR count). The summed E-state index contributed by atoms with van der Waals surface area (Å²) in [5.74, 6) is 0.832. The number of furan rings is 2. The van der Waals surface area contributed by atoms with E-state index in [1.807, 2.05) is 79.7 Å². The molecule has 3 aliphatic heterocycles. The van der Waals surface area contributed by atoms with Gasteiger partial charge in [-0.25, -0.2) is 0 Å². The molecule has 12 heteroatoms. The molecule has 2 aromatic heterocycles. The minimum Gasteiger partial charge on any atom is -0.473 e. The van der Waals surface area contributed by atoms with Crippen molar-refractivity contribution in [1.29, 1.82) is 0 Å². The predicted molar refractivity (Wildman–Crippen MR) is 389 cm³/mol. The van der Waals surface area contributed by atoms with Crippen LogP contribution in [0, 0.1) is 0 Å². The van der Waals surface area contributed by atoms with Crippen LogP contribution < -0.4 is 17.0 Å². The van der Waals surface area contributed by atoms with Crippen LogP contribution in [-0.4, -0.2) is 55.0 Å². The molecule has 0 N–H and O–H groups in total. The molecule has 8 aromatic carbocycles. The highest BCUT2D eigenvalue weighted by molar-refractivity contribution is 9.10. The van der Waals surface area contributed by atoms with Crippen LogP contribution in [0.25, 0.3) is 77.4 Å². The van der Waals surface area contributed by atoms with Crippen molar-refractivity contribution in [2.75, 3.05) is 0 Å². The molecule has 0 radical (unpaired) electrons. The van der Waals surface area contributed by atoms with Crippen molar-refractivity contribution in [2.45, 2.75) is 194 Å². The van der Waals surface area contributed by atoms with Gasteiger partial charge in [0, 0.05) is 31.7 Å². The van der Waals surface area contributed by atoms with Gasteiger partial charge in [0.1, 0.15) is 22.7 Å². The Morgan fingerprint density at radius 1 is 0.277 bits per heavy atom. The summed E-state index contributed by atoms with van der Waals surface area (Å²) < 4.78 is 50.0. The van der Waals surface area contributed by atoms with Gasteiger partial charge in [-0.05, 0) is 260 Å². The van der Waals surface area contributed by atoms with Crippen molar-refractivity contribution in [2.24, 2.45) is 0 Å². The molecule has 7 aliphatic rings. The summed E-state index contributed by atoms with van der Waals surface area (Å²) >= 11 is 3.68. The third-order valence-electron chi connectivity index (χ3n) is 23.7. The van der Waals surface area contributed by atoms with Gasteiger partial charge in [0.15, 0.2) is 0 Å². The molecule has 3 fully saturated rings. The van der Waals surface area contributed by atoms with Crippen LogP contribution in [0.4, 0.5) is 0 Å². The first-order valence-electron chi connectivity index (χ1n) is 33.6. The van der Waals surface area contributed by atoms with Gasteiger partial charge in [-0.15, -0.1) is 0 Å². The van der Waals surface area contributed by atoms with Gasteiger partial charge in [0.25, 0.3) is 0 Å². The zero-order chi connectivity index (χ0) is 66.8. The fourth-order valence-electron chi connectivity index (χ4n) is 15.7. The second kappa shape index (κ2) is 20.7. The van der Waals surface area contributed by atoms with E-state index in [0.29, 0.717) is 17.0 Å². The molecular weight excluding hydrogens is 1230 g/mol. The van der Waals surface area contributed by atoms with Crippen LogP contribution in [-0.2, 0) is 49.6 Å². The lowest BCUT2D eigenvalue weighted by atomic mass is 9.79. The van der Waals surface area contributed by atoms with Crippen LogP contribution in [0.5, 0.6) is 0 Å². The molecule has 3 saturated heterocycles. The molecule has 0 saturated carbocycles. The van der Waals surface area contributed by atoms with Gasteiger partial charge < -0.3 is 36.8 Å². The summed E-state index contributed by atoms with van der Waals surface area (Å²) in [6.07, 6.45) is 0. The normalized spacial score (nSPS) is 20.9. The van der Waals surface area contributed by atoms with Gasteiger partial charge >= 0.3 is 21.4 Å². The number of halogens is 1. The molecule has 478 valence electrons. The van der Waals surface area contributed by atoms with E-state index in [4.69, 9.17) is 36.8 Å². The first kappa shape index (κ1) is 63.3. The van der Waals surface area contributed by atoms with E-state index in [0.717, 1.165) is 15.8 Å². The average Bonchev–Trinajstić information content (AvgIpc) is 1.54. The third kappa shape index (κ3) is 9.37. The number of hydrogen-bond acceptors (Lipinski definition) is 8. The average molecular weight is 1310 g/mol. The summed E-state index contributed by atoms with van der Waals surface area (Å²) in [7, 11) is -1.55. The lowest BCUT2D eigenvalue weighted by Crippen LogP contribution is -2.41. The van der Waals surface area contributed by atoms with Gasteiger partial charge in [-0.2, -0.15) is 0 Å². The molecule has 0 spiro atoms. The fourth-order valence-corrected chi connectivity index (χ4v) is 16.1. The first-order valence-corrected chi connectivity index (χ1v) is 34.4. The summed E-state index contributed by atoms with van der Waals surface area (Å²) in [4.78, 5) is 0. The van der Waals surface area contributed by atoms with Crippen molar-refractivity contribution in [3.8, 4) is 55.8 Å². The van der Waals surface area contributed by atoms with Crippen LogP contribution in [0.3, 0.4) is 0 Å². The Kier molecular flexibility index (Phi) is 13.9. The van der Waals surface area contributed by atoms with E-state index in [1.165, 1.54) is 111 Å². The molecule has 0 atom stereocenters. The van der Waals surface area contributed by atoms with E-state index < -0.39 is 55.0 Å². The Labute approximate surface area is 565 Å². The molecule has 8 nitrogen and oxygen atoms in total. The predicted octanol–water partition coefficient (Wildman–Crippen LogP) is 19.1. The minimum absolute atomic E-state index is 0.000949. The number of rotatable bonds is 4. The van der Waals surface area contributed by atoms with Crippen molar-refractivity contribution in [3.63, 3.8) is 0 Å². The van der Waals surface area contributed by atoms with Crippen molar-refractivity contribution in [1.82, 2.24) is 0 Å². The molecule has 4 aliphatic carbocycles. The maximum Gasteiger partial charge on any atom is 0.532 e. The summed E-state index contributed by atoms with van der Waals surface area (Å²) in [6, 6.07) is 58.1. The molecule has 5 heterocycles. The maximum absolute atomic E-state index is 6.37. The van der Waals surface area contributed by atoms with Crippen molar-refractivity contribution in [3.05, 3.63) is 207 Å². The van der Waals surface area contributed by atoms with E-state index >= 15 is 0 Å². The molecule has 10 aromatic rings. The van der Waals surface area contributed by atoms with Gasteiger partial charge in [-0.1, -0.05) is 162 Å². The van der Waals surface area contributed by atoms with Crippen LogP contribution in [0.1, 0.15) is 183 Å². The number of hydrogen-bond donors (Lipinski definition) is 0. The van der Waals surface area contributed by atoms with E-state index in [9.17, 15) is 0 Å². The zero-order valence-electron chi connectivity index (χ0n) is 58.4. The van der Waals surface area contributed by atoms with Gasteiger partial charge in [-0.3, -0.25) is 0 Å². The Bertz CT molecular complexity index is 4720. The number of fused-ring (bicyclic) bond motifs is 16. The molecule has 0 unspecified atom stereocenters. The standard InChI is InChI=1S/C38H37BO3.C28H23Br.C16H26B2O5/c1-35(2)28-16-14-22-11-9-10-12-24(22)34(28)27-21-30-26(20-31(27)35)25-15-13-23(19-29(25)36(30,3)4)32-17-18-33(40-32)39-41-37(5,6)38(7,8)42-39;1-27(2)22-12-9-16-7-5-6-8-18(16)26(22)21-15-24-20(14-25(21)27)19-11-10-17(29)13-23(19)28(24,3)4;1-13(2)14(3,4)21-17(20-13)11-9-10-12(19-11)18-22-15(5,6)16(7,8)23-18/h9-21H,1-8H3;5-15H,1-4H3;9-10H,1-8H3. The maximum atomic E-state index is 6.37. The second-order valence-corrected chi connectivity index (χ2v) is 33.4. The molecule has 0 bridgehead atoms. The Morgan fingerprint density at radius 3 is 1.03 bits per heavy atom. The smallest absolute Gasteiger partial charge is 0.473 e. The highest BCUT2D eigenvalue weighted by atomic mass is 79.9. The monoisotopic (exact) mass is 1310 g/mol. The zero-order valence-corrected chi connectivity index (χ0v) is 60.0. The van der Waals surface area contributed by atoms with Crippen LogP contribution >= 0.6 is 15.9 Å². The van der Waals surface area contributed by atoms with Crippen LogP contribution in [0.2, 0.25) is 0 Å². The number of benzene rings is 8. The van der Waals surface area contributed by atoms with Gasteiger partial charge in [0.05, 0.1) is 33.6 Å². The lowest BCUT2D eigenvalue weighted by Gasteiger charge is -2.32. The molecular formula is C82H86B3BrO8. The Balaban J connectivity index is 0.000000123. The van der Waals surface area contributed by atoms with E-state index in [2.05, 4.69) is 232 Å². The SMILES string of the molecule is CC1(C)OB(c2ccc(B3OC(C)(C)C(C)(C)O3)o2)OC1(C)C.CC1(C)c2cc(-c3ccc(B4OC(C)(C)C(C)(C)O4)o3)ccc2-c2cc3c(cc21)-c1c(ccc2ccccc12)C3(C)C.CC1(C)c2cc(Br)ccc2-c2cc3c(cc21)-c1c(ccc2ccccc12)C3(C)C. The van der Waals surface area contributed by atoms with Crippen molar-refractivity contribution < 1.29 is 36.8 Å². The third-order valence-corrected chi connectivity index (χ3v) is 24.2. The Morgan fingerprint density at radius 2 is 0.606 bits per heavy atom. The summed E-state index contributed by atoms with van der Waals surface area (Å²) in [5.41, 5.74) is 22.9. The second-order valence-electron chi connectivity index (χ2n) is 32.5. The topological polar surface area (TPSA) is 81.7 Å². The van der Waals surface area contributed by atoms with Crippen molar-refractivity contribution >= 4 is 75.8 Å². The first-order chi connectivity index (χ1) is 43.9. The minimum atomic E-state index is -0.517. The lowest BCUT2D eigenvalue weighted by molar-refractivity contribution is 0.00578. The largest absolute Gasteiger partial charge is 0.532 e. The molecule has 0 amide bonds. The molecule has 94 heavy (non-hydrogen) atoms. The fraction of sp³-hybridized carbons (Fsp3) is 0.366. The Hall–Kier alpha value is -6.73. The quantitative estimate of drug-likeness (QED) is 0.161. The van der Waals surface area contributed by atoms with E-state index in [-0.39, 0.29) is 21.7 Å². The van der Waals surface area contributed by atoms with E-state index in [1.54, 1.807) is 0 Å². The highest BCUT2D eigenvalue weighted by Crippen LogP contribution is 2.60. The summed E-state index contributed by atoms with van der Waals surface area (Å²) in [5, 5.41) is 5.33. The summed E-state index contributed by atoms with van der Waals surface area (Å²) in [6.45, 7) is 43.3. The highest BCUT2D eigenvalue weighted by Gasteiger charge is 2.57. The van der Waals surface area contributed by atoms with Crippen LogP contribution in [0.15, 0.2) is 171 Å².